The number of aromatic nitrogens is 2. The van der Waals surface area contributed by atoms with E-state index in [1.165, 1.54) is 23.5 Å². The maximum atomic E-state index is 12.7. The zero-order valence-electron chi connectivity index (χ0n) is 18.3. The van der Waals surface area contributed by atoms with E-state index in [0.717, 1.165) is 12.1 Å². The van der Waals surface area contributed by atoms with E-state index < -0.39 is 11.7 Å². The Bertz CT molecular complexity index is 1150. The van der Waals surface area contributed by atoms with Crippen LogP contribution in [-0.4, -0.2) is 64.5 Å². The van der Waals surface area contributed by atoms with Crippen LogP contribution in [0.3, 0.4) is 0 Å². The van der Waals surface area contributed by atoms with Gasteiger partial charge in [-0.25, -0.2) is 4.98 Å². The van der Waals surface area contributed by atoms with Crippen LogP contribution >= 0.6 is 11.3 Å². The first-order chi connectivity index (χ1) is 16.2. The van der Waals surface area contributed by atoms with Crippen LogP contribution in [0.15, 0.2) is 40.2 Å². The molecule has 8 nitrogen and oxygen atoms in total. The number of thiazole rings is 1. The molecular formula is C22H22F3N5O3S. The van der Waals surface area contributed by atoms with Crippen LogP contribution in [0.25, 0.3) is 10.6 Å². The lowest BCUT2D eigenvalue weighted by atomic mass is 10.1. The van der Waals surface area contributed by atoms with Crippen LogP contribution in [0.2, 0.25) is 0 Å². The third kappa shape index (κ3) is 6.00. The first kappa shape index (κ1) is 23.9. The molecule has 0 radical (unpaired) electrons. The second-order valence-corrected chi connectivity index (χ2v) is 8.78. The van der Waals surface area contributed by atoms with Gasteiger partial charge in [0.2, 0.25) is 11.8 Å². The highest BCUT2D eigenvalue weighted by molar-refractivity contribution is 7.13. The molecule has 4 rings (SSSR count). The number of aryl methyl sites for hydroxylation is 1. The average Bonchev–Trinajstić information content (AvgIpc) is 3.42. The fourth-order valence-corrected chi connectivity index (χ4v) is 4.38. The number of anilines is 1. The molecule has 1 aliphatic rings. The molecule has 2 amide bonds. The number of halogens is 3. The summed E-state index contributed by atoms with van der Waals surface area (Å²) in [5.41, 5.74) is 0.437. The molecule has 0 saturated carbocycles. The summed E-state index contributed by atoms with van der Waals surface area (Å²) >= 11 is 1.29. The van der Waals surface area contributed by atoms with Gasteiger partial charge >= 0.3 is 6.18 Å². The lowest BCUT2D eigenvalue weighted by Crippen LogP contribution is -2.50. The number of hydrogen-bond donors (Lipinski definition) is 1. The molecule has 1 aromatic carbocycles. The molecule has 0 aliphatic carbocycles. The number of nitrogens with zero attached hydrogens (tertiary/aromatic N) is 4. The third-order valence-corrected chi connectivity index (χ3v) is 6.27. The molecule has 1 saturated heterocycles. The summed E-state index contributed by atoms with van der Waals surface area (Å²) in [6, 6.07) is 6.44. The molecule has 0 unspecified atom stereocenters. The Kier molecular flexibility index (Phi) is 6.98. The smallest absolute Gasteiger partial charge is 0.360 e. The molecule has 180 valence electrons. The van der Waals surface area contributed by atoms with Gasteiger partial charge in [-0.3, -0.25) is 14.5 Å². The number of amides is 2. The van der Waals surface area contributed by atoms with Gasteiger partial charge in [0.25, 0.3) is 0 Å². The first-order valence-electron chi connectivity index (χ1n) is 10.5. The highest BCUT2D eigenvalue weighted by Gasteiger charge is 2.30. The third-order valence-electron chi connectivity index (χ3n) is 5.33. The number of alkyl halides is 3. The van der Waals surface area contributed by atoms with Crippen LogP contribution < -0.4 is 5.32 Å². The molecule has 1 fully saturated rings. The van der Waals surface area contributed by atoms with Crippen molar-refractivity contribution in [1.82, 2.24) is 19.9 Å². The van der Waals surface area contributed by atoms with Gasteiger partial charge in [-0.15, -0.1) is 11.3 Å². The van der Waals surface area contributed by atoms with Crippen molar-refractivity contribution in [1.29, 1.82) is 0 Å². The number of piperazine rings is 1. The summed E-state index contributed by atoms with van der Waals surface area (Å²) in [5, 5.41) is 8.72. The number of benzene rings is 1. The van der Waals surface area contributed by atoms with Crippen LogP contribution in [0, 0.1) is 6.92 Å². The Labute approximate surface area is 197 Å². The number of rotatable bonds is 6. The largest absolute Gasteiger partial charge is 0.416 e. The van der Waals surface area contributed by atoms with E-state index in [1.807, 2.05) is 4.90 Å². The van der Waals surface area contributed by atoms with E-state index in [0.29, 0.717) is 54.0 Å². The summed E-state index contributed by atoms with van der Waals surface area (Å²) in [7, 11) is 0. The minimum Gasteiger partial charge on any atom is -0.360 e. The van der Waals surface area contributed by atoms with Gasteiger partial charge in [0, 0.05) is 43.2 Å². The monoisotopic (exact) mass is 493 g/mol. The zero-order valence-corrected chi connectivity index (χ0v) is 19.1. The zero-order chi connectivity index (χ0) is 24.3. The second-order valence-electron chi connectivity index (χ2n) is 7.92. The normalized spacial score (nSPS) is 14.9. The van der Waals surface area contributed by atoms with Crippen molar-refractivity contribution in [2.24, 2.45) is 0 Å². The van der Waals surface area contributed by atoms with E-state index >= 15 is 0 Å². The van der Waals surface area contributed by atoms with Crippen molar-refractivity contribution in [3.63, 3.8) is 0 Å². The molecule has 3 aromatic rings. The van der Waals surface area contributed by atoms with Gasteiger partial charge < -0.3 is 14.7 Å². The van der Waals surface area contributed by atoms with Gasteiger partial charge in [-0.05, 0) is 19.1 Å². The van der Waals surface area contributed by atoms with Crippen molar-refractivity contribution in [3.8, 4) is 10.6 Å². The molecule has 3 heterocycles. The Morgan fingerprint density at radius 2 is 1.85 bits per heavy atom. The van der Waals surface area contributed by atoms with Crippen molar-refractivity contribution in [3.05, 3.63) is 52.7 Å². The summed E-state index contributed by atoms with van der Waals surface area (Å²) in [5.74, 6) is 0.696. The Morgan fingerprint density at radius 3 is 2.47 bits per heavy atom. The Hall–Kier alpha value is -3.25. The van der Waals surface area contributed by atoms with Gasteiger partial charge in [0.1, 0.15) is 10.8 Å². The maximum Gasteiger partial charge on any atom is 0.416 e. The molecule has 0 atom stereocenters. The molecule has 12 heteroatoms. The predicted octanol–water partition coefficient (Wildman–Crippen LogP) is 3.45. The van der Waals surface area contributed by atoms with Crippen LogP contribution in [-0.2, 0) is 22.2 Å². The van der Waals surface area contributed by atoms with Crippen LogP contribution in [0.1, 0.15) is 17.0 Å². The highest BCUT2D eigenvalue weighted by atomic mass is 32.1. The van der Waals surface area contributed by atoms with Crippen LogP contribution in [0.5, 0.6) is 0 Å². The quantitative estimate of drug-likeness (QED) is 0.566. The standard InChI is InChI=1S/C22H22F3N5O3S/c1-14-10-18(28-33-14)27-19(31)12-29-6-8-30(9-7-29)20(32)11-17-13-34-21(26-17)15-2-4-16(5-3-15)22(23,24)25/h2-5,10,13H,6-9,11-12H2,1H3,(H,27,28,31). The predicted molar refractivity (Wildman–Crippen MR) is 119 cm³/mol. The summed E-state index contributed by atoms with van der Waals surface area (Å²) < 4.78 is 43.1. The molecular weight excluding hydrogens is 471 g/mol. The molecule has 1 N–H and O–H groups in total. The Morgan fingerprint density at radius 1 is 1.15 bits per heavy atom. The number of carbonyl (C=O) groups excluding carboxylic acids is 2. The number of hydrogen-bond acceptors (Lipinski definition) is 7. The van der Waals surface area contributed by atoms with Gasteiger partial charge in [-0.2, -0.15) is 13.2 Å². The van der Waals surface area contributed by atoms with E-state index in [-0.39, 0.29) is 24.8 Å². The minimum absolute atomic E-state index is 0.0774. The van der Waals surface area contributed by atoms with E-state index in [4.69, 9.17) is 4.52 Å². The van der Waals surface area contributed by atoms with Crippen molar-refractivity contribution >= 4 is 29.0 Å². The van der Waals surface area contributed by atoms with E-state index in [1.54, 1.807) is 23.3 Å². The lowest BCUT2D eigenvalue weighted by molar-refractivity contribution is -0.137. The second kappa shape index (κ2) is 9.94. The van der Waals surface area contributed by atoms with E-state index in [9.17, 15) is 22.8 Å². The summed E-state index contributed by atoms with van der Waals surface area (Å²) in [6.07, 6.45) is -4.27. The molecule has 34 heavy (non-hydrogen) atoms. The topological polar surface area (TPSA) is 91.6 Å². The molecule has 0 bridgehead atoms. The van der Waals surface area contributed by atoms with Crippen LogP contribution in [0.4, 0.5) is 19.0 Å². The fourth-order valence-electron chi connectivity index (χ4n) is 3.56. The van der Waals surface area contributed by atoms with Gasteiger partial charge in [-0.1, -0.05) is 17.3 Å². The molecule has 1 aliphatic heterocycles. The first-order valence-corrected chi connectivity index (χ1v) is 11.4. The Balaban J connectivity index is 1.25. The highest BCUT2D eigenvalue weighted by Crippen LogP contribution is 2.31. The van der Waals surface area contributed by atoms with Crippen molar-refractivity contribution in [2.75, 3.05) is 38.0 Å². The SMILES string of the molecule is Cc1cc(NC(=O)CN2CCN(C(=O)Cc3csc(-c4ccc(C(F)(F)F)cc4)n3)CC2)no1. The fraction of sp³-hybridized carbons (Fsp3) is 0.364. The van der Waals surface area contributed by atoms with E-state index in [2.05, 4.69) is 15.5 Å². The lowest BCUT2D eigenvalue weighted by Gasteiger charge is -2.34. The summed E-state index contributed by atoms with van der Waals surface area (Å²) in [6.45, 7) is 4.03. The van der Waals surface area contributed by atoms with Crippen molar-refractivity contribution in [2.45, 2.75) is 19.5 Å². The van der Waals surface area contributed by atoms with Crippen molar-refractivity contribution < 1.29 is 27.3 Å². The maximum absolute atomic E-state index is 12.7. The molecule has 2 aromatic heterocycles. The minimum atomic E-state index is -4.39. The number of carbonyl (C=O) groups is 2. The average molecular weight is 494 g/mol. The van der Waals surface area contributed by atoms with Gasteiger partial charge in [0.15, 0.2) is 5.82 Å². The summed E-state index contributed by atoms with van der Waals surface area (Å²) in [4.78, 5) is 32.9. The number of nitrogens with one attached hydrogen (secondary N) is 1. The molecule has 0 spiro atoms. The van der Waals surface area contributed by atoms with Gasteiger partial charge in [0.05, 0.1) is 24.2 Å².